The lowest BCUT2D eigenvalue weighted by Crippen LogP contribution is -2.49. The highest BCUT2D eigenvalue weighted by Gasteiger charge is 2.49. The van der Waals surface area contributed by atoms with Crippen LogP contribution in [-0.2, 0) is 19.1 Å². The molecule has 1 fully saturated rings. The van der Waals surface area contributed by atoms with Gasteiger partial charge in [-0.05, 0) is 19.3 Å². The maximum Gasteiger partial charge on any atom is 0.322 e. The number of ketones is 1. The summed E-state index contributed by atoms with van der Waals surface area (Å²) in [5.74, 6) is -0.794. The highest BCUT2D eigenvalue weighted by Crippen LogP contribution is 2.34. The molecule has 1 aliphatic heterocycles. The molecule has 1 saturated heterocycles. The van der Waals surface area contributed by atoms with Crippen molar-refractivity contribution in [1.82, 2.24) is 0 Å². The molecule has 0 saturated carbocycles. The van der Waals surface area contributed by atoms with Gasteiger partial charge in [0.2, 0.25) is 0 Å². The second-order valence-corrected chi connectivity index (χ2v) is 4.52. The van der Waals surface area contributed by atoms with Crippen molar-refractivity contribution in [2.45, 2.75) is 26.7 Å². The summed E-state index contributed by atoms with van der Waals surface area (Å²) in [6.45, 7) is 4.09. The molecule has 0 aliphatic carbocycles. The monoisotopic (exact) mass is 244 g/mol. The number of aliphatic hydroxyl groups is 1. The smallest absolute Gasteiger partial charge is 0.322 e. The van der Waals surface area contributed by atoms with Gasteiger partial charge in [0.25, 0.3) is 0 Å². The van der Waals surface area contributed by atoms with Gasteiger partial charge in [0.15, 0.2) is 5.78 Å². The molecular formula is C12H20O5. The molecule has 1 aliphatic rings. The van der Waals surface area contributed by atoms with Crippen LogP contribution in [-0.4, -0.2) is 43.3 Å². The molecular weight excluding hydrogens is 224 g/mol. The lowest BCUT2D eigenvalue weighted by atomic mass is 9.74. The van der Waals surface area contributed by atoms with E-state index in [2.05, 4.69) is 0 Å². The van der Waals surface area contributed by atoms with Gasteiger partial charge in [-0.1, -0.05) is 6.92 Å². The molecule has 98 valence electrons. The van der Waals surface area contributed by atoms with Gasteiger partial charge in [-0.3, -0.25) is 9.59 Å². The van der Waals surface area contributed by atoms with E-state index in [1.807, 2.05) is 0 Å². The number of carbonyl (C=O) groups is 2. The van der Waals surface area contributed by atoms with Crippen LogP contribution in [0.15, 0.2) is 0 Å². The summed E-state index contributed by atoms with van der Waals surface area (Å²) in [6, 6.07) is 0. The van der Waals surface area contributed by atoms with Crippen molar-refractivity contribution < 1.29 is 24.2 Å². The molecule has 0 radical (unpaired) electrons. The lowest BCUT2D eigenvalue weighted by molar-refractivity contribution is -0.171. The molecule has 1 heterocycles. The molecule has 0 amide bonds. The van der Waals surface area contributed by atoms with Crippen LogP contribution in [0.1, 0.15) is 26.7 Å². The summed E-state index contributed by atoms with van der Waals surface area (Å²) in [6.07, 6.45) is 0.512. The Balaban J connectivity index is 2.89. The fourth-order valence-corrected chi connectivity index (χ4v) is 2.09. The molecule has 1 N–H and O–H groups in total. The second-order valence-electron chi connectivity index (χ2n) is 4.52. The summed E-state index contributed by atoms with van der Waals surface area (Å²) in [7, 11) is 0. The number of ether oxygens (including phenoxy) is 2. The van der Waals surface area contributed by atoms with Crippen molar-refractivity contribution in [3.05, 3.63) is 0 Å². The largest absolute Gasteiger partial charge is 0.465 e. The molecule has 17 heavy (non-hydrogen) atoms. The molecule has 2 atom stereocenters. The molecule has 0 bridgehead atoms. The van der Waals surface area contributed by atoms with Gasteiger partial charge in [-0.15, -0.1) is 0 Å². The Morgan fingerprint density at radius 3 is 2.88 bits per heavy atom. The van der Waals surface area contributed by atoms with Crippen molar-refractivity contribution in [1.29, 1.82) is 0 Å². The van der Waals surface area contributed by atoms with Crippen molar-refractivity contribution in [2.24, 2.45) is 11.3 Å². The van der Waals surface area contributed by atoms with E-state index < -0.39 is 11.4 Å². The zero-order valence-electron chi connectivity index (χ0n) is 10.4. The Morgan fingerprint density at radius 1 is 1.65 bits per heavy atom. The van der Waals surface area contributed by atoms with E-state index in [1.54, 1.807) is 13.8 Å². The number of hydrogen-bond donors (Lipinski definition) is 1. The van der Waals surface area contributed by atoms with Gasteiger partial charge in [-0.2, -0.15) is 0 Å². The predicted molar refractivity (Wildman–Crippen MR) is 60.4 cm³/mol. The molecule has 5 heteroatoms. The fourth-order valence-electron chi connectivity index (χ4n) is 2.09. The Hall–Kier alpha value is -0.940. The highest BCUT2D eigenvalue weighted by atomic mass is 16.5. The standard InChI is InChI=1S/C12H20O5/c1-3-17-11(15)12(6-9(2)7-13)8-16-5-4-10(12)14/h9,13H,3-8H2,1-2H3. The number of Topliss-reactive ketones (excluding diaryl/α,β-unsaturated/α-hetero) is 1. The van der Waals surface area contributed by atoms with E-state index in [0.29, 0.717) is 6.61 Å². The van der Waals surface area contributed by atoms with E-state index in [1.165, 1.54) is 0 Å². The summed E-state index contributed by atoms with van der Waals surface area (Å²) >= 11 is 0. The number of hydrogen-bond acceptors (Lipinski definition) is 5. The molecule has 0 aromatic carbocycles. The van der Waals surface area contributed by atoms with Gasteiger partial charge in [-0.25, -0.2) is 0 Å². The third-order valence-electron chi connectivity index (χ3n) is 3.03. The summed E-state index contributed by atoms with van der Waals surface area (Å²) < 4.78 is 10.2. The average molecular weight is 244 g/mol. The van der Waals surface area contributed by atoms with E-state index in [-0.39, 0.29) is 44.4 Å². The minimum atomic E-state index is -1.21. The Labute approximate surface area is 101 Å². The minimum absolute atomic E-state index is 0.0611. The Morgan fingerprint density at radius 2 is 2.35 bits per heavy atom. The summed E-state index contributed by atoms with van der Waals surface area (Å²) in [5, 5.41) is 9.07. The summed E-state index contributed by atoms with van der Waals surface area (Å²) in [4.78, 5) is 24.0. The minimum Gasteiger partial charge on any atom is -0.465 e. The number of rotatable bonds is 5. The van der Waals surface area contributed by atoms with Crippen molar-refractivity contribution in [3.8, 4) is 0 Å². The topological polar surface area (TPSA) is 72.8 Å². The van der Waals surface area contributed by atoms with Crippen LogP contribution in [0.3, 0.4) is 0 Å². The number of esters is 1. The number of carbonyl (C=O) groups excluding carboxylic acids is 2. The quantitative estimate of drug-likeness (QED) is 0.564. The first-order chi connectivity index (χ1) is 8.06. The summed E-state index contributed by atoms with van der Waals surface area (Å²) in [5.41, 5.74) is -1.21. The van der Waals surface area contributed by atoms with Crippen molar-refractivity contribution >= 4 is 11.8 Å². The first-order valence-corrected chi connectivity index (χ1v) is 5.96. The van der Waals surface area contributed by atoms with Crippen LogP contribution in [0.5, 0.6) is 0 Å². The fraction of sp³-hybridized carbons (Fsp3) is 0.833. The van der Waals surface area contributed by atoms with Crippen LogP contribution in [0.25, 0.3) is 0 Å². The van der Waals surface area contributed by atoms with Crippen LogP contribution >= 0.6 is 0 Å². The van der Waals surface area contributed by atoms with Crippen LogP contribution in [0.4, 0.5) is 0 Å². The van der Waals surface area contributed by atoms with E-state index in [9.17, 15) is 9.59 Å². The molecule has 0 aromatic heterocycles. The van der Waals surface area contributed by atoms with Crippen LogP contribution in [0, 0.1) is 11.3 Å². The van der Waals surface area contributed by atoms with Crippen LogP contribution in [0.2, 0.25) is 0 Å². The first-order valence-electron chi connectivity index (χ1n) is 5.96. The molecule has 5 nitrogen and oxygen atoms in total. The normalized spacial score (nSPS) is 26.6. The van der Waals surface area contributed by atoms with Gasteiger partial charge in [0.05, 0.1) is 19.8 Å². The van der Waals surface area contributed by atoms with E-state index >= 15 is 0 Å². The predicted octanol–water partition coefficient (Wildman–Crippen LogP) is 0.544. The highest BCUT2D eigenvalue weighted by molar-refractivity contribution is 6.04. The first kappa shape index (κ1) is 14.1. The molecule has 1 rings (SSSR count). The van der Waals surface area contributed by atoms with Crippen molar-refractivity contribution in [2.75, 3.05) is 26.4 Å². The van der Waals surface area contributed by atoms with Gasteiger partial charge in [0, 0.05) is 13.0 Å². The van der Waals surface area contributed by atoms with Crippen LogP contribution < -0.4 is 0 Å². The van der Waals surface area contributed by atoms with Gasteiger partial charge in [0.1, 0.15) is 5.41 Å². The molecule has 0 spiro atoms. The van der Waals surface area contributed by atoms with E-state index in [4.69, 9.17) is 14.6 Å². The second kappa shape index (κ2) is 6.12. The SMILES string of the molecule is CCOC(=O)C1(CC(C)CO)COCCC1=O. The Bertz CT molecular complexity index is 289. The van der Waals surface area contributed by atoms with E-state index in [0.717, 1.165) is 0 Å². The third kappa shape index (κ3) is 3.04. The molecule has 0 aromatic rings. The Kier molecular flexibility index (Phi) is 5.08. The maximum absolute atomic E-state index is 12.0. The molecule has 2 unspecified atom stereocenters. The van der Waals surface area contributed by atoms with Crippen molar-refractivity contribution in [3.63, 3.8) is 0 Å². The maximum atomic E-state index is 12.0. The third-order valence-corrected chi connectivity index (χ3v) is 3.03. The van der Waals surface area contributed by atoms with Gasteiger partial charge < -0.3 is 14.6 Å². The zero-order chi connectivity index (χ0) is 12.9. The average Bonchev–Trinajstić information content (AvgIpc) is 2.32. The number of aliphatic hydroxyl groups excluding tert-OH is 1. The lowest BCUT2D eigenvalue weighted by Gasteiger charge is -2.34. The van der Waals surface area contributed by atoms with Gasteiger partial charge >= 0.3 is 5.97 Å². The zero-order valence-corrected chi connectivity index (χ0v) is 10.4.